The van der Waals surface area contributed by atoms with Crippen LogP contribution in [-0.4, -0.2) is 11.7 Å². The predicted molar refractivity (Wildman–Crippen MR) is 79.4 cm³/mol. The topological polar surface area (TPSA) is 32.3 Å². The van der Waals surface area contributed by atoms with E-state index in [1.165, 1.54) is 23.4 Å². The molecule has 0 aliphatic carbocycles. The summed E-state index contributed by atoms with van der Waals surface area (Å²) in [5.74, 6) is -0.510. The summed E-state index contributed by atoms with van der Waals surface area (Å²) < 4.78 is 12.8. The third-order valence-electron chi connectivity index (χ3n) is 2.62. The minimum Gasteiger partial charge on any atom is -0.508 e. The molecule has 0 fully saturated rings. The first kappa shape index (κ1) is 14.2. The quantitative estimate of drug-likeness (QED) is 0.732. The van der Waals surface area contributed by atoms with Crippen molar-refractivity contribution in [2.75, 3.05) is 11.9 Å². The lowest BCUT2D eigenvalue weighted by molar-refractivity contribution is 0.468. The average Bonchev–Trinajstić information content (AvgIpc) is 2.74. The number of benzene rings is 2. The van der Waals surface area contributed by atoms with Crippen molar-refractivity contribution in [2.45, 2.75) is 6.42 Å². The van der Waals surface area contributed by atoms with Crippen molar-refractivity contribution >= 4 is 33.2 Å². The van der Waals surface area contributed by atoms with E-state index in [2.05, 4.69) is 21.2 Å². The van der Waals surface area contributed by atoms with Crippen molar-refractivity contribution < 1.29 is 9.50 Å². The highest BCUT2D eigenvalue weighted by Crippen LogP contribution is 2.24. The summed E-state index contributed by atoms with van der Waals surface area (Å²) in [7, 11) is 0. The zero-order chi connectivity index (χ0) is 13.8. The van der Waals surface area contributed by atoms with Crippen LogP contribution >= 0.6 is 27.5 Å². The van der Waals surface area contributed by atoms with Gasteiger partial charge in [0.2, 0.25) is 0 Å². The van der Waals surface area contributed by atoms with Gasteiger partial charge in [-0.1, -0.05) is 27.5 Å². The Labute approximate surface area is 124 Å². The van der Waals surface area contributed by atoms with Crippen molar-refractivity contribution in [3.8, 4) is 5.75 Å². The van der Waals surface area contributed by atoms with Gasteiger partial charge in [-0.25, -0.2) is 4.39 Å². The molecule has 0 spiro atoms. The molecule has 2 aromatic carbocycles. The molecule has 2 aromatic rings. The summed E-state index contributed by atoms with van der Waals surface area (Å²) in [6.45, 7) is 1.05. The van der Waals surface area contributed by atoms with E-state index < -0.39 is 5.82 Å². The summed E-state index contributed by atoms with van der Waals surface area (Å²) in [5.41, 5.74) is 2.58. The van der Waals surface area contributed by atoms with Crippen molar-refractivity contribution in [2.24, 2.45) is 0 Å². The van der Waals surface area contributed by atoms with Crippen LogP contribution in [0.2, 0.25) is 5.02 Å². The molecular formula is C14H12BrClFNO. The van der Waals surface area contributed by atoms with E-state index in [9.17, 15) is 4.39 Å². The third kappa shape index (κ3) is 4.11. The van der Waals surface area contributed by atoms with Gasteiger partial charge in [0.1, 0.15) is 11.6 Å². The number of aromatic hydroxyl groups is 1. The highest BCUT2D eigenvalue weighted by molar-refractivity contribution is 9.10. The Bertz CT molecular complexity index is 541. The fraction of sp³-hybridized carbons (Fsp3) is 0.143. The molecule has 2 nitrogen and oxygen atoms in total. The molecule has 0 amide bonds. The van der Waals surface area contributed by atoms with Gasteiger partial charge in [-0.3, -0.25) is 0 Å². The third-order valence-corrected chi connectivity index (χ3v) is 3.32. The van der Waals surface area contributed by atoms with Crippen molar-refractivity contribution in [3.63, 3.8) is 0 Å². The minimum absolute atomic E-state index is 0.0677. The second kappa shape index (κ2) is 6.26. The maximum absolute atomic E-state index is 12.2. The lowest BCUT2D eigenvalue weighted by atomic mass is 10.2. The Morgan fingerprint density at radius 3 is 2.68 bits per heavy atom. The highest BCUT2D eigenvalue weighted by atomic mass is 79.9. The lowest BCUT2D eigenvalue weighted by Crippen LogP contribution is -1.90. The van der Waals surface area contributed by atoms with E-state index in [1.807, 2.05) is 18.2 Å². The van der Waals surface area contributed by atoms with E-state index in [-0.39, 0.29) is 5.75 Å². The summed E-state index contributed by atoms with van der Waals surface area (Å²) in [6, 6.07) is 9.72. The zero-order valence-corrected chi connectivity index (χ0v) is 12.3. The number of rotatable bonds is 0. The van der Waals surface area contributed by atoms with E-state index in [1.54, 1.807) is 0 Å². The Morgan fingerprint density at radius 1 is 1.21 bits per heavy atom. The molecule has 0 aromatic heterocycles. The maximum Gasteiger partial charge on any atom is 0.128 e. The molecule has 1 aliphatic heterocycles. The standard InChI is InChI=1S/C8H8ClN.C6H4BrFO/c9-7-1-2-8-6(5-7)3-4-10-8;7-4-1-5(8)3-6(9)2-4/h1-2,5,10H,3-4H2;1-3,9H. The Morgan fingerprint density at radius 2 is 2.00 bits per heavy atom. The Balaban J connectivity index is 0.000000141. The number of phenolic OH excluding ortho intramolecular Hbond substituents is 1. The summed E-state index contributed by atoms with van der Waals surface area (Å²) in [6.07, 6.45) is 1.11. The SMILES string of the molecule is Clc1ccc2c(c1)CCN2.Oc1cc(F)cc(Br)c1. The number of halogens is 3. The van der Waals surface area contributed by atoms with Crippen LogP contribution < -0.4 is 5.32 Å². The fourth-order valence-electron chi connectivity index (χ4n) is 1.81. The molecule has 2 N–H and O–H groups in total. The predicted octanol–water partition coefficient (Wildman–Crippen LogP) is 4.60. The second-order valence-electron chi connectivity index (χ2n) is 4.11. The smallest absolute Gasteiger partial charge is 0.128 e. The van der Waals surface area contributed by atoms with Crippen LogP contribution in [-0.2, 0) is 6.42 Å². The van der Waals surface area contributed by atoms with Gasteiger partial charge in [-0.2, -0.15) is 0 Å². The van der Waals surface area contributed by atoms with Crippen molar-refractivity contribution in [3.05, 3.63) is 57.3 Å². The molecule has 0 radical (unpaired) electrons. The Kier molecular flexibility index (Phi) is 4.66. The minimum atomic E-state index is -0.443. The lowest BCUT2D eigenvalue weighted by Gasteiger charge is -1.97. The summed E-state index contributed by atoms with van der Waals surface area (Å²) in [5, 5.41) is 12.8. The van der Waals surface area contributed by atoms with Crippen LogP contribution in [0.15, 0.2) is 40.9 Å². The molecule has 0 atom stereocenters. The first-order valence-corrected chi connectivity index (χ1v) is 6.89. The molecule has 3 rings (SSSR count). The highest BCUT2D eigenvalue weighted by Gasteiger charge is 2.08. The van der Waals surface area contributed by atoms with Crippen LogP contribution in [0, 0.1) is 5.82 Å². The molecule has 1 aliphatic rings. The molecule has 100 valence electrons. The van der Waals surface area contributed by atoms with Gasteiger partial charge in [0, 0.05) is 27.8 Å². The largest absolute Gasteiger partial charge is 0.508 e. The van der Waals surface area contributed by atoms with E-state index in [0.29, 0.717) is 4.47 Å². The summed E-state index contributed by atoms with van der Waals surface area (Å²) >= 11 is 8.81. The van der Waals surface area contributed by atoms with Gasteiger partial charge in [-0.05, 0) is 42.3 Å². The number of hydrogen-bond donors (Lipinski definition) is 2. The van der Waals surface area contributed by atoms with Crippen molar-refractivity contribution in [1.82, 2.24) is 0 Å². The number of fused-ring (bicyclic) bond motifs is 1. The Hall–Kier alpha value is -1.26. The van der Waals surface area contributed by atoms with E-state index in [4.69, 9.17) is 16.7 Å². The normalized spacial score (nSPS) is 12.2. The maximum atomic E-state index is 12.2. The van der Waals surface area contributed by atoms with Gasteiger partial charge in [0.05, 0.1) is 0 Å². The van der Waals surface area contributed by atoms with Gasteiger partial charge in [0.15, 0.2) is 0 Å². The molecule has 0 saturated heterocycles. The number of hydrogen-bond acceptors (Lipinski definition) is 2. The van der Waals surface area contributed by atoms with E-state index >= 15 is 0 Å². The number of nitrogens with one attached hydrogen (secondary N) is 1. The summed E-state index contributed by atoms with van der Waals surface area (Å²) in [4.78, 5) is 0. The molecule has 0 saturated carbocycles. The van der Waals surface area contributed by atoms with Crippen molar-refractivity contribution in [1.29, 1.82) is 0 Å². The van der Waals surface area contributed by atoms with Gasteiger partial charge in [0.25, 0.3) is 0 Å². The molecule has 0 unspecified atom stereocenters. The van der Waals surface area contributed by atoms with Crippen LogP contribution in [0.4, 0.5) is 10.1 Å². The van der Waals surface area contributed by atoms with Crippen LogP contribution in [0.1, 0.15) is 5.56 Å². The monoisotopic (exact) mass is 343 g/mol. The van der Waals surface area contributed by atoms with Gasteiger partial charge in [-0.15, -0.1) is 0 Å². The van der Waals surface area contributed by atoms with Gasteiger partial charge >= 0.3 is 0 Å². The van der Waals surface area contributed by atoms with E-state index in [0.717, 1.165) is 24.1 Å². The average molecular weight is 345 g/mol. The number of phenols is 1. The van der Waals surface area contributed by atoms with Crippen LogP contribution in [0.25, 0.3) is 0 Å². The fourth-order valence-corrected chi connectivity index (χ4v) is 2.46. The molecule has 1 heterocycles. The first-order chi connectivity index (χ1) is 9.04. The van der Waals surface area contributed by atoms with Crippen LogP contribution in [0.3, 0.4) is 0 Å². The van der Waals surface area contributed by atoms with Crippen LogP contribution in [0.5, 0.6) is 5.75 Å². The molecular weight excluding hydrogens is 333 g/mol. The molecule has 0 bridgehead atoms. The first-order valence-electron chi connectivity index (χ1n) is 5.72. The molecule has 19 heavy (non-hydrogen) atoms. The zero-order valence-electron chi connectivity index (χ0n) is 9.96. The molecule has 5 heteroatoms. The van der Waals surface area contributed by atoms with Gasteiger partial charge < -0.3 is 10.4 Å². The number of anilines is 1. The second-order valence-corrected chi connectivity index (χ2v) is 5.46.